The number of hydrogen-bond donors (Lipinski definition) is 1. The van der Waals surface area contributed by atoms with E-state index in [2.05, 4.69) is 0 Å². The summed E-state index contributed by atoms with van der Waals surface area (Å²) in [5.74, 6) is -0.0836. The lowest BCUT2D eigenvalue weighted by atomic mass is 9.83. The van der Waals surface area contributed by atoms with Gasteiger partial charge in [-0.3, -0.25) is 4.79 Å². The van der Waals surface area contributed by atoms with E-state index in [0.717, 1.165) is 0 Å². The first-order chi connectivity index (χ1) is 8.01. The molecule has 0 bridgehead atoms. The minimum atomic E-state index is -0.325. The Morgan fingerprint density at radius 3 is 2.35 bits per heavy atom. The van der Waals surface area contributed by atoms with Crippen molar-refractivity contribution in [3.8, 4) is 0 Å². The van der Waals surface area contributed by atoms with E-state index in [-0.39, 0.29) is 49.3 Å². The summed E-state index contributed by atoms with van der Waals surface area (Å²) in [6.45, 7) is 5.53. The smallest absolute Gasteiger partial charge is 0.302 e. The number of methoxy groups -OCH3 is 1. The molecule has 1 saturated heterocycles. The van der Waals surface area contributed by atoms with E-state index >= 15 is 0 Å². The van der Waals surface area contributed by atoms with Gasteiger partial charge in [0.1, 0.15) is 6.61 Å². The summed E-state index contributed by atoms with van der Waals surface area (Å²) in [4.78, 5) is 10.8. The second-order valence-electron chi connectivity index (χ2n) is 4.62. The first kappa shape index (κ1) is 14.4. The van der Waals surface area contributed by atoms with Crippen LogP contribution in [0, 0.1) is 11.8 Å². The second kappa shape index (κ2) is 6.33. The molecule has 0 aromatic carbocycles. The lowest BCUT2D eigenvalue weighted by molar-refractivity contribution is -0.198. The Morgan fingerprint density at radius 1 is 1.29 bits per heavy atom. The first-order valence-electron chi connectivity index (χ1n) is 5.93. The standard InChI is InChI=1S/C12H22O5/c1-7-10(5-13)17-11(6-16-9(3)14)8(2)12(7)15-4/h7-8,10-13H,5-6H2,1-4H3/t7-,8+,10+,11-,12-/m1/s1. The summed E-state index contributed by atoms with van der Waals surface area (Å²) in [5, 5.41) is 9.27. The number of esters is 1. The Hall–Kier alpha value is -0.650. The van der Waals surface area contributed by atoms with Crippen LogP contribution in [0.1, 0.15) is 20.8 Å². The Kier molecular flexibility index (Phi) is 5.36. The van der Waals surface area contributed by atoms with Crippen molar-refractivity contribution in [2.24, 2.45) is 11.8 Å². The van der Waals surface area contributed by atoms with Crippen LogP contribution < -0.4 is 0 Å². The number of hydrogen-bond acceptors (Lipinski definition) is 5. The average molecular weight is 246 g/mol. The van der Waals surface area contributed by atoms with Crippen molar-refractivity contribution < 1.29 is 24.1 Å². The Labute approximate surface area is 102 Å². The van der Waals surface area contributed by atoms with Crippen molar-refractivity contribution in [2.45, 2.75) is 39.1 Å². The fourth-order valence-electron chi connectivity index (χ4n) is 2.40. The molecule has 0 saturated carbocycles. The highest BCUT2D eigenvalue weighted by molar-refractivity contribution is 5.65. The first-order valence-corrected chi connectivity index (χ1v) is 5.93. The summed E-state index contributed by atoms with van der Waals surface area (Å²) in [6.07, 6.45) is -0.490. The van der Waals surface area contributed by atoms with Crippen LogP contribution >= 0.6 is 0 Å². The van der Waals surface area contributed by atoms with Crippen LogP contribution in [0.5, 0.6) is 0 Å². The quantitative estimate of drug-likeness (QED) is 0.736. The van der Waals surface area contributed by atoms with Crippen LogP contribution in [0.3, 0.4) is 0 Å². The van der Waals surface area contributed by atoms with Gasteiger partial charge < -0.3 is 19.3 Å². The normalized spacial score (nSPS) is 37.8. The Balaban J connectivity index is 2.67. The fourth-order valence-corrected chi connectivity index (χ4v) is 2.40. The minimum Gasteiger partial charge on any atom is -0.463 e. The lowest BCUT2D eigenvalue weighted by Gasteiger charge is -2.43. The molecule has 1 heterocycles. The SMILES string of the molecule is CO[C@H]1[C@@H](C)[C@@H](COC(C)=O)O[C@@H](CO)[C@H]1C. The molecular formula is C12H22O5. The van der Waals surface area contributed by atoms with Gasteiger partial charge in [0.2, 0.25) is 0 Å². The van der Waals surface area contributed by atoms with E-state index in [1.807, 2.05) is 13.8 Å². The summed E-state index contributed by atoms with van der Waals surface area (Å²) in [7, 11) is 1.65. The van der Waals surface area contributed by atoms with Gasteiger partial charge in [0.05, 0.1) is 24.9 Å². The Bertz CT molecular complexity index is 255. The van der Waals surface area contributed by atoms with Crippen LogP contribution in [0.15, 0.2) is 0 Å². The van der Waals surface area contributed by atoms with Gasteiger partial charge in [0.25, 0.3) is 0 Å². The maximum absolute atomic E-state index is 10.8. The van der Waals surface area contributed by atoms with Crippen molar-refractivity contribution in [2.75, 3.05) is 20.3 Å². The van der Waals surface area contributed by atoms with Gasteiger partial charge in [-0.15, -0.1) is 0 Å². The summed E-state index contributed by atoms with van der Waals surface area (Å²) >= 11 is 0. The number of carbonyl (C=O) groups excluding carboxylic acids is 1. The molecule has 0 unspecified atom stereocenters. The van der Waals surface area contributed by atoms with Crippen LogP contribution in [0.25, 0.3) is 0 Å². The van der Waals surface area contributed by atoms with E-state index in [1.54, 1.807) is 7.11 Å². The monoisotopic (exact) mass is 246 g/mol. The van der Waals surface area contributed by atoms with Gasteiger partial charge >= 0.3 is 5.97 Å². The molecule has 0 radical (unpaired) electrons. The molecule has 0 aromatic heterocycles. The van der Waals surface area contributed by atoms with E-state index in [4.69, 9.17) is 14.2 Å². The maximum Gasteiger partial charge on any atom is 0.302 e. The molecular weight excluding hydrogens is 224 g/mol. The molecule has 17 heavy (non-hydrogen) atoms. The maximum atomic E-state index is 10.8. The predicted octanol–water partition coefficient (Wildman–Crippen LogP) is 0.596. The van der Waals surface area contributed by atoms with Crippen molar-refractivity contribution in [3.05, 3.63) is 0 Å². The van der Waals surface area contributed by atoms with Crippen molar-refractivity contribution in [1.82, 2.24) is 0 Å². The number of carbonyl (C=O) groups is 1. The average Bonchev–Trinajstić information content (AvgIpc) is 2.28. The fraction of sp³-hybridized carbons (Fsp3) is 0.917. The van der Waals surface area contributed by atoms with E-state index in [9.17, 15) is 9.90 Å². The largest absolute Gasteiger partial charge is 0.463 e. The number of ether oxygens (including phenoxy) is 3. The van der Waals surface area contributed by atoms with Crippen LogP contribution in [-0.2, 0) is 19.0 Å². The molecule has 0 aliphatic carbocycles. The molecule has 0 aromatic rings. The molecule has 1 aliphatic rings. The molecule has 5 nitrogen and oxygen atoms in total. The van der Waals surface area contributed by atoms with Gasteiger partial charge in [0, 0.05) is 25.9 Å². The van der Waals surface area contributed by atoms with Gasteiger partial charge in [-0.2, -0.15) is 0 Å². The molecule has 0 spiro atoms. The summed E-state index contributed by atoms with van der Waals surface area (Å²) < 4.78 is 16.2. The van der Waals surface area contributed by atoms with Crippen molar-refractivity contribution >= 4 is 5.97 Å². The van der Waals surface area contributed by atoms with Crippen molar-refractivity contribution in [3.63, 3.8) is 0 Å². The van der Waals surface area contributed by atoms with Crippen LogP contribution in [0.2, 0.25) is 0 Å². The summed E-state index contributed by atoms with van der Waals surface area (Å²) in [6, 6.07) is 0. The topological polar surface area (TPSA) is 65.0 Å². The highest BCUT2D eigenvalue weighted by atomic mass is 16.6. The number of aliphatic hydroxyl groups excluding tert-OH is 1. The zero-order valence-electron chi connectivity index (χ0n) is 10.9. The highest BCUT2D eigenvalue weighted by Gasteiger charge is 2.41. The third-order valence-corrected chi connectivity index (χ3v) is 3.46. The van der Waals surface area contributed by atoms with Crippen LogP contribution in [0.4, 0.5) is 0 Å². The molecule has 0 amide bonds. The molecule has 1 fully saturated rings. The van der Waals surface area contributed by atoms with Gasteiger partial charge in [-0.25, -0.2) is 0 Å². The zero-order chi connectivity index (χ0) is 13.0. The second-order valence-corrected chi connectivity index (χ2v) is 4.62. The third-order valence-electron chi connectivity index (χ3n) is 3.46. The van der Waals surface area contributed by atoms with E-state index < -0.39 is 0 Å². The predicted molar refractivity (Wildman–Crippen MR) is 61.5 cm³/mol. The van der Waals surface area contributed by atoms with Crippen molar-refractivity contribution in [1.29, 1.82) is 0 Å². The Morgan fingerprint density at radius 2 is 1.88 bits per heavy atom. The number of rotatable bonds is 4. The highest BCUT2D eigenvalue weighted by Crippen LogP contribution is 2.32. The van der Waals surface area contributed by atoms with E-state index in [0.29, 0.717) is 0 Å². The minimum absolute atomic E-state index is 0.00135. The van der Waals surface area contributed by atoms with E-state index in [1.165, 1.54) is 6.92 Å². The lowest BCUT2D eigenvalue weighted by Crippen LogP contribution is -2.52. The molecule has 1 N–H and O–H groups in total. The third kappa shape index (κ3) is 3.40. The molecule has 100 valence electrons. The van der Waals surface area contributed by atoms with Crippen LogP contribution in [-0.4, -0.2) is 49.7 Å². The number of aliphatic hydroxyl groups is 1. The zero-order valence-corrected chi connectivity index (χ0v) is 10.9. The molecule has 5 heteroatoms. The molecule has 1 aliphatic heterocycles. The van der Waals surface area contributed by atoms with Gasteiger partial charge in [-0.1, -0.05) is 13.8 Å². The summed E-state index contributed by atoms with van der Waals surface area (Å²) in [5.41, 5.74) is 0. The molecule has 1 rings (SSSR count). The molecule has 5 atom stereocenters. The van der Waals surface area contributed by atoms with Gasteiger partial charge in [-0.05, 0) is 0 Å². The van der Waals surface area contributed by atoms with Gasteiger partial charge in [0.15, 0.2) is 0 Å².